The maximum absolute atomic E-state index is 12.6. The summed E-state index contributed by atoms with van der Waals surface area (Å²) in [4.78, 5) is 23.0. The summed E-state index contributed by atoms with van der Waals surface area (Å²) in [6.45, 7) is 5.93. The maximum Gasteiger partial charge on any atom is 0.272 e. The number of anilines is 1. The van der Waals surface area contributed by atoms with Gasteiger partial charge in [0.2, 0.25) is 0 Å². The first-order chi connectivity index (χ1) is 12.4. The zero-order valence-electron chi connectivity index (χ0n) is 14.9. The zero-order valence-corrected chi connectivity index (χ0v) is 14.9. The largest absolute Gasteiger partial charge is 0.492 e. The number of hydrogen-bond acceptors (Lipinski definition) is 5. The molecule has 0 spiro atoms. The quantitative estimate of drug-likeness (QED) is 0.648. The molecule has 2 aromatic rings. The van der Waals surface area contributed by atoms with Crippen LogP contribution in [0.2, 0.25) is 0 Å². The molecule has 7 nitrogen and oxygen atoms in total. The van der Waals surface area contributed by atoms with E-state index in [1.54, 1.807) is 13.0 Å². The van der Waals surface area contributed by atoms with Crippen molar-refractivity contribution in [3.05, 3.63) is 57.1 Å². The van der Waals surface area contributed by atoms with Crippen molar-refractivity contribution in [2.24, 2.45) is 0 Å². The van der Waals surface area contributed by atoms with Crippen molar-refractivity contribution in [2.75, 3.05) is 11.9 Å². The van der Waals surface area contributed by atoms with E-state index in [1.165, 1.54) is 18.2 Å². The lowest BCUT2D eigenvalue weighted by Gasteiger charge is -2.14. The molecule has 1 unspecified atom stereocenters. The van der Waals surface area contributed by atoms with Crippen LogP contribution < -0.4 is 14.8 Å². The van der Waals surface area contributed by atoms with Gasteiger partial charge in [0, 0.05) is 35.2 Å². The minimum absolute atomic E-state index is 0.0172. The Balaban J connectivity index is 1.88. The molecule has 1 atom stereocenters. The number of nitrogens with zero attached hydrogens (tertiary/aromatic N) is 1. The molecule has 1 heterocycles. The number of fused-ring (bicyclic) bond motifs is 1. The predicted molar refractivity (Wildman–Crippen MR) is 97.2 cm³/mol. The molecule has 0 bridgehead atoms. The van der Waals surface area contributed by atoms with Gasteiger partial charge in [0.15, 0.2) is 0 Å². The van der Waals surface area contributed by atoms with Gasteiger partial charge in [0.05, 0.1) is 17.2 Å². The van der Waals surface area contributed by atoms with Crippen molar-refractivity contribution < 1.29 is 19.2 Å². The number of ether oxygens (including phenoxy) is 2. The molecule has 1 amide bonds. The number of amides is 1. The normalized spacial score (nSPS) is 15.1. The number of nitro groups is 1. The van der Waals surface area contributed by atoms with Gasteiger partial charge in [-0.05, 0) is 39.0 Å². The standard InChI is InChI=1S/C19H20N2O5/c1-4-25-18-9-14-8-12(3)26-17(14)10-15(18)20-19(22)13-5-6-16(21(23)24)11(2)7-13/h5-7,9-10,12H,4,8H2,1-3H3,(H,20,22). The summed E-state index contributed by atoms with van der Waals surface area (Å²) in [5.41, 5.74) is 2.31. The number of benzene rings is 2. The molecule has 7 heteroatoms. The van der Waals surface area contributed by atoms with Gasteiger partial charge in [-0.25, -0.2) is 0 Å². The Morgan fingerprint density at radius 3 is 2.81 bits per heavy atom. The third kappa shape index (κ3) is 3.46. The summed E-state index contributed by atoms with van der Waals surface area (Å²) in [7, 11) is 0. The molecule has 1 aliphatic heterocycles. The van der Waals surface area contributed by atoms with E-state index in [1.807, 2.05) is 19.9 Å². The molecular weight excluding hydrogens is 336 g/mol. The highest BCUT2D eigenvalue weighted by Crippen LogP contribution is 2.38. The fourth-order valence-corrected chi connectivity index (χ4v) is 3.01. The molecule has 0 saturated heterocycles. The number of hydrogen-bond donors (Lipinski definition) is 1. The third-order valence-corrected chi connectivity index (χ3v) is 4.20. The molecule has 2 aromatic carbocycles. The van der Waals surface area contributed by atoms with Crippen LogP contribution in [0.5, 0.6) is 11.5 Å². The van der Waals surface area contributed by atoms with Crippen molar-refractivity contribution >= 4 is 17.3 Å². The highest BCUT2D eigenvalue weighted by Gasteiger charge is 2.23. The van der Waals surface area contributed by atoms with E-state index in [0.717, 1.165) is 17.7 Å². The van der Waals surface area contributed by atoms with Gasteiger partial charge in [-0.15, -0.1) is 0 Å². The van der Waals surface area contributed by atoms with Gasteiger partial charge >= 0.3 is 0 Å². The van der Waals surface area contributed by atoms with Crippen LogP contribution in [0.25, 0.3) is 0 Å². The number of aryl methyl sites for hydroxylation is 1. The molecule has 0 radical (unpaired) electrons. The smallest absolute Gasteiger partial charge is 0.272 e. The van der Waals surface area contributed by atoms with Crippen LogP contribution in [-0.2, 0) is 6.42 Å². The lowest BCUT2D eigenvalue weighted by molar-refractivity contribution is -0.385. The lowest BCUT2D eigenvalue weighted by atomic mass is 10.1. The topological polar surface area (TPSA) is 90.7 Å². The highest BCUT2D eigenvalue weighted by atomic mass is 16.6. The van der Waals surface area contributed by atoms with Crippen LogP contribution in [0.3, 0.4) is 0 Å². The Morgan fingerprint density at radius 2 is 2.15 bits per heavy atom. The molecule has 0 fully saturated rings. The molecule has 136 valence electrons. The third-order valence-electron chi connectivity index (χ3n) is 4.20. The van der Waals surface area contributed by atoms with Gasteiger partial charge in [-0.3, -0.25) is 14.9 Å². The maximum atomic E-state index is 12.6. The first kappa shape index (κ1) is 17.7. The SMILES string of the molecule is CCOc1cc2c(cc1NC(=O)c1ccc([N+](=O)[O-])c(C)c1)OC(C)C2. The van der Waals surface area contributed by atoms with Gasteiger partial charge in [-0.1, -0.05) is 0 Å². The Labute approximate surface area is 151 Å². The average molecular weight is 356 g/mol. The van der Waals surface area contributed by atoms with E-state index in [-0.39, 0.29) is 17.7 Å². The molecule has 3 rings (SSSR count). The molecular formula is C19H20N2O5. The first-order valence-corrected chi connectivity index (χ1v) is 8.41. The van der Waals surface area contributed by atoms with E-state index in [4.69, 9.17) is 9.47 Å². The van der Waals surface area contributed by atoms with Gasteiger partial charge in [-0.2, -0.15) is 0 Å². The minimum Gasteiger partial charge on any atom is -0.492 e. The highest BCUT2D eigenvalue weighted by molar-refractivity contribution is 6.05. The van der Waals surface area contributed by atoms with Gasteiger partial charge < -0.3 is 14.8 Å². The predicted octanol–water partition coefficient (Wildman–Crippen LogP) is 3.88. The number of nitro benzene ring substituents is 1. The van der Waals surface area contributed by atoms with E-state index < -0.39 is 4.92 Å². The van der Waals surface area contributed by atoms with E-state index >= 15 is 0 Å². The van der Waals surface area contributed by atoms with Crippen molar-refractivity contribution in [3.8, 4) is 11.5 Å². The van der Waals surface area contributed by atoms with Crippen LogP contribution in [0.1, 0.15) is 35.3 Å². The summed E-state index contributed by atoms with van der Waals surface area (Å²) in [5, 5.41) is 13.7. The van der Waals surface area contributed by atoms with Crippen molar-refractivity contribution in [3.63, 3.8) is 0 Å². The molecule has 0 aromatic heterocycles. The number of rotatable bonds is 5. The van der Waals surface area contributed by atoms with Crippen molar-refractivity contribution in [1.82, 2.24) is 0 Å². The molecule has 0 saturated carbocycles. The summed E-state index contributed by atoms with van der Waals surface area (Å²) in [6.07, 6.45) is 0.883. The summed E-state index contributed by atoms with van der Waals surface area (Å²) >= 11 is 0. The van der Waals surface area contributed by atoms with Crippen molar-refractivity contribution in [2.45, 2.75) is 33.3 Å². The fraction of sp³-hybridized carbons (Fsp3) is 0.316. The number of carbonyl (C=O) groups is 1. The number of carbonyl (C=O) groups excluding carboxylic acids is 1. The molecule has 1 aliphatic rings. The summed E-state index contributed by atoms with van der Waals surface area (Å²) in [5.74, 6) is 0.946. The molecule has 26 heavy (non-hydrogen) atoms. The molecule has 1 N–H and O–H groups in total. The second kappa shape index (κ2) is 7.03. The number of nitrogens with one attached hydrogen (secondary N) is 1. The van der Waals surface area contributed by atoms with Crippen LogP contribution in [-0.4, -0.2) is 23.5 Å². The van der Waals surface area contributed by atoms with Crippen LogP contribution >= 0.6 is 0 Å². The average Bonchev–Trinajstić information content (AvgIpc) is 2.93. The second-order valence-corrected chi connectivity index (χ2v) is 6.23. The fourth-order valence-electron chi connectivity index (χ4n) is 3.01. The summed E-state index contributed by atoms with van der Waals surface area (Å²) < 4.78 is 11.4. The van der Waals surface area contributed by atoms with Crippen LogP contribution in [0.15, 0.2) is 30.3 Å². The van der Waals surface area contributed by atoms with Crippen LogP contribution in [0.4, 0.5) is 11.4 Å². The Kier molecular flexibility index (Phi) is 4.79. The van der Waals surface area contributed by atoms with Crippen LogP contribution in [0, 0.1) is 17.0 Å². The summed E-state index contributed by atoms with van der Waals surface area (Å²) in [6, 6.07) is 7.92. The Morgan fingerprint density at radius 1 is 1.38 bits per heavy atom. The van der Waals surface area contributed by atoms with Gasteiger partial charge in [0.25, 0.3) is 11.6 Å². The molecule has 0 aliphatic carbocycles. The second-order valence-electron chi connectivity index (χ2n) is 6.23. The monoisotopic (exact) mass is 356 g/mol. The zero-order chi connectivity index (χ0) is 18.8. The van der Waals surface area contributed by atoms with E-state index in [2.05, 4.69) is 5.32 Å². The Hall–Kier alpha value is -3.09. The lowest BCUT2D eigenvalue weighted by Crippen LogP contribution is -2.13. The van der Waals surface area contributed by atoms with Crippen molar-refractivity contribution in [1.29, 1.82) is 0 Å². The minimum atomic E-state index is -0.469. The first-order valence-electron chi connectivity index (χ1n) is 8.41. The van der Waals surface area contributed by atoms with E-state index in [0.29, 0.717) is 29.2 Å². The van der Waals surface area contributed by atoms with Gasteiger partial charge in [0.1, 0.15) is 17.6 Å². The Bertz CT molecular complexity index is 878. The van der Waals surface area contributed by atoms with E-state index in [9.17, 15) is 14.9 Å².